The summed E-state index contributed by atoms with van der Waals surface area (Å²) in [4.78, 5) is -0.505. The Morgan fingerprint density at radius 3 is 2.39 bits per heavy atom. The van der Waals surface area contributed by atoms with Crippen molar-refractivity contribution >= 4 is 10.0 Å². The molecule has 0 heterocycles. The van der Waals surface area contributed by atoms with Gasteiger partial charge in [0.2, 0.25) is 10.0 Å². The van der Waals surface area contributed by atoms with E-state index in [0.717, 1.165) is 12.1 Å². The Morgan fingerprint density at radius 2 is 1.83 bits per heavy atom. The molecule has 100 valence electrons. The Bertz CT molecular complexity index is 538. The predicted molar refractivity (Wildman–Crippen MR) is 56.5 cm³/mol. The maximum atomic E-state index is 12.1. The van der Waals surface area contributed by atoms with Gasteiger partial charge in [0.1, 0.15) is 10.6 Å². The van der Waals surface area contributed by atoms with Crippen LogP contribution in [-0.2, 0) is 10.0 Å². The van der Waals surface area contributed by atoms with Gasteiger partial charge in [-0.3, -0.25) is 0 Å². The van der Waals surface area contributed by atoms with Crippen LogP contribution in [0.3, 0.4) is 0 Å². The zero-order valence-corrected chi connectivity index (χ0v) is 9.88. The Balaban J connectivity index is 2.31. The van der Waals surface area contributed by atoms with Crippen LogP contribution in [0.15, 0.2) is 29.2 Å². The minimum Gasteiger partial charge on any atom is -0.404 e. The first-order chi connectivity index (χ1) is 8.28. The second kappa shape index (κ2) is 4.43. The lowest BCUT2D eigenvalue weighted by Crippen LogP contribution is -2.27. The smallest absolute Gasteiger partial charge is 0.404 e. The van der Waals surface area contributed by atoms with E-state index in [0.29, 0.717) is 12.8 Å². The van der Waals surface area contributed by atoms with Gasteiger partial charge in [0, 0.05) is 6.04 Å². The number of rotatable bonds is 4. The van der Waals surface area contributed by atoms with Gasteiger partial charge in [0.25, 0.3) is 0 Å². The summed E-state index contributed by atoms with van der Waals surface area (Å²) < 4.78 is 66.1. The van der Waals surface area contributed by atoms with Gasteiger partial charge in [0.15, 0.2) is 0 Å². The molecule has 1 aliphatic carbocycles. The topological polar surface area (TPSA) is 55.4 Å². The first-order valence-corrected chi connectivity index (χ1v) is 6.63. The molecule has 8 heteroatoms. The number of para-hydroxylation sites is 1. The molecule has 0 amide bonds. The van der Waals surface area contributed by atoms with E-state index in [2.05, 4.69) is 9.46 Å². The molecular formula is C10H10F3NO3S. The lowest BCUT2D eigenvalue weighted by molar-refractivity contribution is -0.275. The molecule has 1 N–H and O–H groups in total. The van der Waals surface area contributed by atoms with Crippen molar-refractivity contribution in [2.45, 2.75) is 30.1 Å². The van der Waals surface area contributed by atoms with Crippen LogP contribution in [0.2, 0.25) is 0 Å². The van der Waals surface area contributed by atoms with Crippen LogP contribution in [0.5, 0.6) is 5.75 Å². The summed E-state index contributed by atoms with van der Waals surface area (Å²) in [5.74, 6) is -0.724. The monoisotopic (exact) mass is 281 g/mol. The van der Waals surface area contributed by atoms with Crippen LogP contribution < -0.4 is 9.46 Å². The molecule has 0 saturated heterocycles. The fourth-order valence-corrected chi connectivity index (χ4v) is 2.80. The fourth-order valence-electron chi connectivity index (χ4n) is 1.37. The number of hydrogen-bond donors (Lipinski definition) is 1. The van der Waals surface area contributed by atoms with Crippen molar-refractivity contribution in [1.82, 2.24) is 4.72 Å². The quantitative estimate of drug-likeness (QED) is 0.918. The van der Waals surface area contributed by atoms with E-state index < -0.39 is 27.0 Å². The number of nitrogens with one attached hydrogen (secondary N) is 1. The van der Waals surface area contributed by atoms with Crippen LogP contribution in [0.1, 0.15) is 12.8 Å². The van der Waals surface area contributed by atoms with Gasteiger partial charge in [-0.2, -0.15) is 0 Å². The molecule has 0 radical (unpaired) electrons. The number of hydrogen-bond acceptors (Lipinski definition) is 3. The standard InChI is InChI=1S/C10H10F3NO3S/c11-10(12,13)17-8-3-1-2-4-9(8)18(15,16)14-7-5-6-7/h1-4,7,14H,5-6H2. The summed E-state index contributed by atoms with van der Waals surface area (Å²) >= 11 is 0. The number of benzene rings is 1. The summed E-state index contributed by atoms with van der Waals surface area (Å²) in [6.45, 7) is 0. The SMILES string of the molecule is O=S(=O)(NC1CC1)c1ccccc1OC(F)(F)F. The molecule has 1 aliphatic rings. The lowest BCUT2D eigenvalue weighted by Gasteiger charge is -2.13. The maximum Gasteiger partial charge on any atom is 0.573 e. The van der Waals surface area contributed by atoms with E-state index in [1.54, 1.807) is 0 Å². The molecule has 1 fully saturated rings. The molecule has 0 bridgehead atoms. The third-order valence-electron chi connectivity index (χ3n) is 2.26. The third-order valence-corrected chi connectivity index (χ3v) is 3.82. The fraction of sp³-hybridized carbons (Fsp3) is 0.400. The minimum atomic E-state index is -4.93. The van der Waals surface area contributed by atoms with E-state index in [-0.39, 0.29) is 6.04 Å². The van der Waals surface area contributed by atoms with E-state index in [1.165, 1.54) is 12.1 Å². The highest BCUT2D eigenvalue weighted by Crippen LogP contribution is 2.30. The van der Waals surface area contributed by atoms with Crippen LogP contribution in [0, 0.1) is 0 Å². The Morgan fingerprint density at radius 1 is 1.22 bits per heavy atom. The van der Waals surface area contributed by atoms with Crippen LogP contribution in [0.4, 0.5) is 13.2 Å². The molecule has 0 atom stereocenters. The minimum absolute atomic E-state index is 0.186. The van der Waals surface area contributed by atoms with Crippen molar-refractivity contribution < 1.29 is 26.3 Å². The van der Waals surface area contributed by atoms with Gasteiger partial charge in [0.05, 0.1) is 0 Å². The number of sulfonamides is 1. The van der Waals surface area contributed by atoms with Crippen LogP contribution in [0.25, 0.3) is 0 Å². The van der Waals surface area contributed by atoms with Gasteiger partial charge < -0.3 is 4.74 Å². The molecule has 18 heavy (non-hydrogen) atoms. The molecule has 1 aromatic carbocycles. The first kappa shape index (κ1) is 13.2. The maximum absolute atomic E-state index is 12.1. The summed E-state index contributed by atoms with van der Waals surface area (Å²) in [7, 11) is -3.98. The van der Waals surface area contributed by atoms with Crippen LogP contribution in [-0.4, -0.2) is 20.8 Å². The molecule has 0 aliphatic heterocycles. The molecule has 0 unspecified atom stereocenters. The van der Waals surface area contributed by atoms with Crippen LogP contribution >= 0.6 is 0 Å². The Kier molecular flexibility index (Phi) is 3.24. The zero-order chi connectivity index (χ0) is 13.4. The van der Waals surface area contributed by atoms with Gasteiger partial charge in [-0.25, -0.2) is 13.1 Å². The average Bonchev–Trinajstić information content (AvgIpc) is 2.99. The lowest BCUT2D eigenvalue weighted by atomic mass is 10.3. The van der Waals surface area contributed by atoms with E-state index in [1.807, 2.05) is 0 Å². The largest absolute Gasteiger partial charge is 0.573 e. The number of alkyl halides is 3. The summed E-state index contributed by atoms with van der Waals surface area (Å²) in [5.41, 5.74) is 0. The van der Waals surface area contributed by atoms with Gasteiger partial charge in [-0.1, -0.05) is 12.1 Å². The van der Waals surface area contributed by atoms with Crippen molar-refractivity contribution in [3.8, 4) is 5.75 Å². The Labute approximate surface area is 102 Å². The number of ether oxygens (including phenoxy) is 1. The highest BCUT2D eigenvalue weighted by molar-refractivity contribution is 7.89. The summed E-state index contributed by atoms with van der Waals surface area (Å²) in [6, 6.07) is 4.47. The third kappa shape index (κ3) is 3.36. The van der Waals surface area contributed by atoms with E-state index in [4.69, 9.17) is 0 Å². The molecule has 1 aromatic rings. The molecule has 0 spiro atoms. The molecular weight excluding hydrogens is 271 g/mol. The van der Waals surface area contributed by atoms with E-state index in [9.17, 15) is 21.6 Å². The zero-order valence-electron chi connectivity index (χ0n) is 9.07. The highest BCUT2D eigenvalue weighted by atomic mass is 32.2. The van der Waals surface area contributed by atoms with Crippen molar-refractivity contribution in [3.63, 3.8) is 0 Å². The second-order valence-corrected chi connectivity index (χ2v) is 5.57. The molecule has 0 aromatic heterocycles. The average molecular weight is 281 g/mol. The van der Waals surface area contributed by atoms with Gasteiger partial charge >= 0.3 is 6.36 Å². The van der Waals surface area contributed by atoms with Crippen molar-refractivity contribution in [3.05, 3.63) is 24.3 Å². The summed E-state index contributed by atoms with van der Waals surface area (Å²) in [5, 5.41) is 0. The van der Waals surface area contributed by atoms with Crippen molar-refractivity contribution in [2.75, 3.05) is 0 Å². The Hall–Kier alpha value is -1.28. The molecule has 4 nitrogen and oxygen atoms in total. The first-order valence-electron chi connectivity index (χ1n) is 5.15. The molecule has 2 rings (SSSR count). The predicted octanol–water partition coefficient (Wildman–Crippen LogP) is 2.03. The number of halogens is 3. The molecule has 1 saturated carbocycles. The van der Waals surface area contributed by atoms with Gasteiger partial charge in [-0.15, -0.1) is 13.2 Å². The van der Waals surface area contributed by atoms with E-state index >= 15 is 0 Å². The van der Waals surface area contributed by atoms with Crippen molar-refractivity contribution in [2.24, 2.45) is 0 Å². The second-order valence-electron chi connectivity index (χ2n) is 3.89. The highest BCUT2D eigenvalue weighted by Gasteiger charge is 2.35. The van der Waals surface area contributed by atoms with Crippen molar-refractivity contribution in [1.29, 1.82) is 0 Å². The van der Waals surface area contributed by atoms with Gasteiger partial charge in [-0.05, 0) is 25.0 Å². The normalized spacial score (nSPS) is 16.6. The summed E-state index contributed by atoms with van der Waals surface area (Å²) in [6.07, 6.45) is -3.53.